The Bertz CT molecular complexity index is 924. The summed E-state index contributed by atoms with van der Waals surface area (Å²) in [5.41, 5.74) is 0.621. The van der Waals surface area contributed by atoms with E-state index in [0.29, 0.717) is 11.0 Å². The lowest BCUT2D eigenvalue weighted by Crippen LogP contribution is -2.09. The van der Waals surface area contributed by atoms with Crippen LogP contribution < -0.4 is 4.74 Å². The summed E-state index contributed by atoms with van der Waals surface area (Å²) in [4.78, 5) is 12.2. The molecule has 6 heteroatoms. The molecule has 0 aliphatic carbocycles. The highest BCUT2D eigenvalue weighted by Crippen LogP contribution is 2.33. The van der Waals surface area contributed by atoms with Crippen molar-refractivity contribution in [3.63, 3.8) is 0 Å². The number of phenolic OH excluding ortho intramolecular Hbond substituents is 1. The van der Waals surface area contributed by atoms with Gasteiger partial charge in [0.15, 0.2) is 5.22 Å². The highest BCUT2D eigenvalue weighted by molar-refractivity contribution is 6.29. The van der Waals surface area contributed by atoms with Gasteiger partial charge in [0.2, 0.25) is 0 Å². The van der Waals surface area contributed by atoms with Crippen molar-refractivity contribution in [3.05, 3.63) is 58.8 Å². The van der Waals surface area contributed by atoms with Gasteiger partial charge in [-0.25, -0.2) is 4.79 Å². The van der Waals surface area contributed by atoms with E-state index in [1.54, 1.807) is 12.1 Å². The number of fused-ring (bicyclic) bond motifs is 1. The van der Waals surface area contributed by atoms with Crippen LogP contribution in [0.15, 0.2) is 46.9 Å². The molecule has 5 nitrogen and oxygen atoms in total. The molecule has 0 amide bonds. The fourth-order valence-corrected chi connectivity index (χ4v) is 2.22. The van der Waals surface area contributed by atoms with Crippen molar-refractivity contribution in [2.45, 2.75) is 0 Å². The van der Waals surface area contributed by atoms with E-state index in [4.69, 9.17) is 26.0 Å². The van der Waals surface area contributed by atoms with Gasteiger partial charge in [-0.15, -0.1) is 0 Å². The zero-order valence-electron chi connectivity index (χ0n) is 11.0. The third-order valence-corrected chi connectivity index (χ3v) is 3.21. The van der Waals surface area contributed by atoms with Gasteiger partial charge in [0.05, 0.1) is 17.0 Å². The molecule has 0 unspecified atom stereocenters. The second-order valence-corrected chi connectivity index (χ2v) is 4.83. The molecule has 0 spiro atoms. The van der Waals surface area contributed by atoms with Gasteiger partial charge < -0.3 is 14.3 Å². The fourth-order valence-electron chi connectivity index (χ4n) is 2.03. The van der Waals surface area contributed by atoms with Gasteiger partial charge in [-0.1, -0.05) is 12.1 Å². The maximum absolute atomic E-state index is 12.2. The molecule has 1 aromatic heterocycles. The van der Waals surface area contributed by atoms with Crippen molar-refractivity contribution >= 4 is 28.5 Å². The van der Waals surface area contributed by atoms with Crippen LogP contribution in [0.2, 0.25) is 5.22 Å². The summed E-state index contributed by atoms with van der Waals surface area (Å²) in [5, 5.41) is 19.3. The number of hydrogen-bond donors (Lipinski definition) is 1. The molecule has 2 aromatic carbocycles. The van der Waals surface area contributed by atoms with Crippen molar-refractivity contribution < 1.29 is 19.1 Å². The van der Waals surface area contributed by atoms with Crippen LogP contribution in [0.5, 0.6) is 11.5 Å². The van der Waals surface area contributed by atoms with Gasteiger partial charge in [0, 0.05) is 6.07 Å². The summed E-state index contributed by atoms with van der Waals surface area (Å²) in [5.74, 6) is -0.796. The van der Waals surface area contributed by atoms with Crippen molar-refractivity contribution in [2.24, 2.45) is 0 Å². The second-order valence-electron chi connectivity index (χ2n) is 4.46. The molecule has 3 rings (SSSR count). The molecule has 0 atom stereocenters. The molecule has 1 heterocycles. The lowest BCUT2D eigenvalue weighted by molar-refractivity contribution is 0.0734. The number of nitriles is 1. The molecular weight excluding hydrogens is 306 g/mol. The Labute approximate surface area is 129 Å². The van der Waals surface area contributed by atoms with Crippen molar-refractivity contribution in [3.8, 4) is 17.6 Å². The minimum Gasteiger partial charge on any atom is -0.507 e. The number of phenols is 1. The average molecular weight is 314 g/mol. The van der Waals surface area contributed by atoms with Gasteiger partial charge in [0.25, 0.3) is 0 Å². The highest BCUT2D eigenvalue weighted by Gasteiger charge is 2.17. The minimum atomic E-state index is -0.744. The quantitative estimate of drug-likeness (QED) is 0.573. The molecule has 0 aliphatic heterocycles. The average Bonchev–Trinajstić information content (AvgIpc) is 2.88. The third kappa shape index (κ3) is 2.48. The number of carbonyl (C=O) groups excluding carboxylic acids is 1. The Balaban J connectivity index is 2.05. The molecule has 0 bridgehead atoms. The lowest BCUT2D eigenvalue weighted by atomic mass is 10.1. The number of para-hydroxylation sites is 1. The third-order valence-electron chi connectivity index (χ3n) is 3.03. The van der Waals surface area contributed by atoms with Gasteiger partial charge in [0.1, 0.15) is 22.6 Å². The van der Waals surface area contributed by atoms with Gasteiger partial charge in [-0.3, -0.25) is 0 Å². The molecule has 108 valence electrons. The van der Waals surface area contributed by atoms with Crippen LogP contribution in [0.1, 0.15) is 15.9 Å². The first-order valence-electron chi connectivity index (χ1n) is 6.22. The van der Waals surface area contributed by atoms with E-state index in [0.717, 1.165) is 0 Å². The number of benzene rings is 2. The van der Waals surface area contributed by atoms with Crippen LogP contribution in [-0.4, -0.2) is 11.1 Å². The van der Waals surface area contributed by atoms with Crippen LogP contribution in [0, 0.1) is 11.3 Å². The van der Waals surface area contributed by atoms with Crippen molar-refractivity contribution in [2.75, 3.05) is 0 Å². The first kappa shape index (κ1) is 14.0. The maximum Gasteiger partial charge on any atom is 0.347 e. The number of rotatable bonds is 2. The standard InChI is InChI=1S/C16H8ClNO4/c17-15-7-11-13(21-15)5-9(8-18)6-14(11)22-16(20)10-3-1-2-4-12(10)19/h1-7,19H. The molecule has 0 radical (unpaired) electrons. The molecule has 0 saturated carbocycles. The largest absolute Gasteiger partial charge is 0.507 e. The highest BCUT2D eigenvalue weighted by atomic mass is 35.5. The van der Waals surface area contributed by atoms with E-state index < -0.39 is 5.97 Å². The van der Waals surface area contributed by atoms with Crippen LogP contribution in [0.25, 0.3) is 11.0 Å². The Kier molecular flexibility index (Phi) is 3.45. The Morgan fingerprint density at radius 1 is 1.27 bits per heavy atom. The number of aromatic hydroxyl groups is 1. The molecule has 0 fully saturated rings. The van der Waals surface area contributed by atoms with Gasteiger partial charge >= 0.3 is 5.97 Å². The number of carbonyl (C=O) groups is 1. The number of ether oxygens (including phenoxy) is 1. The first-order valence-corrected chi connectivity index (χ1v) is 6.59. The van der Waals surface area contributed by atoms with Crippen LogP contribution in [-0.2, 0) is 0 Å². The van der Waals surface area contributed by atoms with Gasteiger partial charge in [-0.2, -0.15) is 5.26 Å². The van der Waals surface area contributed by atoms with Crippen molar-refractivity contribution in [1.82, 2.24) is 0 Å². The molecular formula is C16H8ClNO4. The fraction of sp³-hybridized carbons (Fsp3) is 0. The summed E-state index contributed by atoms with van der Waals surface area (Å²) < 4.78 is 10.5. The second kappa shape index (κ2) is 5.43. The molecule has 3 aromatic rings. The number of furan rings is 1. The van der Waals surface area contributed by atoms with Crippen LogP contribution >= 0.6 is 11.6 Å². The topological polar surface area (TPSA) is 83.5 Å². The van der Waals surface area contributed by atoms with E-state index >= 15 is 0 Å². The predicted octanol–water partition coefficient (Wildman–Crippen LogP) is 3.88. The maximum atomic E-state index is 12.2. The number of halogens is 1. The Morgan fingerprint density at radius 3 is 2.77 bits per heavy atom. The lowest BCUT2D eigenvalue weighted by Gasteiger charge is -2.07. The predicted molar refractivity (Wildman–Crippen MR) is 79.0 cm³/mol. The smallest absolute Gasteiger partial charge is 0.347 e. The van der Waals surface area contributed by atoms with E-state index in [2.05, 4.69) is 0 Å². The summed E-state index contributed by atoms with van der Waals surface area (Å²) >= 11 is 5.80. The zero-order chi connectivity index (χ0) is 15.7. The molecule has 22 heavy (non-hydrogen) atoms. The van der Waals surface area contributed by atoms with Crippen LogP contribution in [0.4, 0.5) is 0 Å². The zero-order valence-corrected chi connectivity index (χ0v) is 11.8. The number of hydrogen-bond acceptors (Lipinski definition) is 5. The Morgan fingerprint density at radius 2 is 2.05 bits per heavy atom. The number of esters is 1. The van der Waals surface area contributed by atoms with E-state index in [1.807, 2.05) is 6.07 Å². The van der Waals surface area contributed by atoms with E-state index in [-0.39, 0.29) is 27.8 Å². The van der Waals surface area contributed by atoms with Crippen molar-refractivity contribution in [1.29, 1.82) is 5.26 Å². The van der Waals surface area contributed by atoms with E-state index in [9.17, 15) is 9.90 Å². The normalized spacial score (nSPS) is 10.4. The summed E-state index contributed by atoms with van der Waals surface area (Å²) in [7, 11) is 0. The summed E-state index contributed by atoms with van der Waals surface area (Å²) in [6.45, 7) is 0. The summed E-state index contributed by atoms with van der Waals surface area (Å²) in [6.07, 6.45) is 0. The number of nitrogens with zero attached hydrogens (tertiary/aromatic N) is 1. The Hall–Kier alpha value is -2.97. The summed E-state index contributed by atoms with van der Waals surface area (Å²) in [6, 6.07) is 12.4. The monoisotopic (exact) mass is 313 g/mol. The first-order chi connectivity index (χ1) is 10.6. The van der Waals surface area contributed by atoms with E-state index in [1.165, 1.54) is 30.3 Å². The minimum absolute atomic E-state index is 0.0209. The SMILES string of the molecule is N#Cc1cc(OC(=O)c2ccccc2O)c2cc(Cl)oc2c1. The van der Waals surface area contributed by atoms with Gasteiger partial charge in [-0.05, 0) is 35.9 Å². The molecule has 1 N–H and O–H groups in total. The van der Waals surface area contributed by atoms with Crippen LogP contribution in [0.3, 0.4) is 0 Å². The molecule has 0 aliphatic rings. The molecule has 0 saturated heterocycles.